The molecule has 27 heavy (non-hydrogen) atoms. The molecule has 2 N–H and O–H groups in total. The van der Waals surface area contributed by atoms with Gasteiger partial charge in [-0.3, -0.25) is 4.99 Å². The lowest BCUT2D eigenvalue weighted by molar-refractivity contribution is 0.342. The van der Waals surface area contributed by atoms with Crippen LogP contribution in [0.4, 0.5) is 5.13 Å². The molecule has 142 valence electrons. The van der Waals surface area contributed by atoms with Gasteiger partial charge in [0.25, 0.3) is 0 Å². The van der Waals surface area contributed by atoms with Gasteiger partial charge in [-0.2, -0.15) is 0 Å². The van der Waals surface area contributed by atoms with Crippen LogP contribution in [0, 0.1) is 0 Å². The quantitative estimate of drug-likeness (QED) is 0.551. The van der Waals surface area contributed by atoms with Gasteiger partial charge in [0.15, 0.2) is 11.1 Å². The van der Waals surface area contributed by atoms with E-state index in [1.54, 1.807) is 13.2 Å². The van der Waals surface area contributed by atoms with Crippen molar-refractivity contribution in [1.82, 2.24) is 15.3 Å². The molecule has 0 bridgehead atoms. The third-order valence-corrected chi connectivity index (χ3v) is 5.10. The molecule has 8 heteroatoms. The van der Waals surface area contributed by atoms with Crippen LogP contribution in [0.3, 0.4) is 0 Å². The van der Waals surface area contributed by atoms with E-state index in [0.717, 1.165) is 46.4 Å². The van der Waals surface area contributed by atoms with E-state index in [0.29, 0.717) is 18.4 Å². The van der Waals surface area contributed by atoms with Gasteiger partial charge >= 0.3 is 0 Å². The van der Waals surface area contributed by atoms with Gasteiger partial charge < -0.3 is 15.4 Å². The lowest BCUT2D eigenvalue weighted by atomic mass is 10.1. The Hall–Kier alpha value is -2.38. The second-order valence-electron chi connectivity index (χ2n) is 5.78. The lowest BCUT2D eigenvalue weighted by Crippen LogP contribution is -2.30. The number of nitrogens with one attached hydrogen (secondary N) is 2. The molecule has 2 aromatic rings. The van der Waals surface area contributed by atoms with Crippen LogP contribution < -0.4 is 15.4 Å². The number of rotatable bonds is 6. The average Bonchev–Trinajstić information content (AvgIpc) is 3.15. The first-order valence-corrected chi connectivity index (χ1v) is 10.0. The standard InChI is InChI=1S/C19H22ClN5OS/c1-3-22-18(21-2)25-19-24-16(12-27-19)14-8-6-10-23-17(14)26-11-13-7-4-5-9-15(13)20/h4,6-8,10,12H,3,5,9,11H2,1-2H3,(H2,21,22,24,25). The van der Waals surface area contributed by atoms with Crippen LogP contribution in [0.2, 0.25) is 0 Å². The van der Waals surface area contributed by atoms with E-state index in [-0.39, 0.29) is 0 Å². The minimum atomic E-state index is 0.391. The van der Waals surface area contributed by atoms with Gasteiger partial charge in [-0.1, -0.05) is 23.8 Å². The number of hydrogen-bond donors (Lipinski definition) is 2. The van der Waals surface area contributed by atoms with Gasteiger partial charge in [-0.15, -0.1) is 11.3 Å². The normalized spacial score (nSPS) is 14.4. The van der Waals surface area contributed by atoms with Crippen molar-refractivity contribution < 1.29 is 4.74 Å². The molecule has 6 nitrogen and oxygen atoms in total. The molecular formula is C19H22ClN5OS. The predicted molar refractivity (Wildman–Crippen MR) is 113 cm³/mol. The molecule has 0 amide bonds. The van der Waals surface area contributed by atoms with E-state index >= 15 is 0 Å². The number of aliphatic imine (C=N–C) groups is 1. The molecule has 2 heterocycles. The maximum Gasteiger partial charge on any atom is 0.223 e. The van der Waals surface area contributed by atoms with Crippen molar-refractivity contribution in [3.05, 3.63) is 46.5 Å². The summed E-state index contributed by atoms with van der Waals surface area (Å²) in [7, 11) is 1.73. The average molecular weight is 404 g/mol. The number of pyridine rings is 1. The fourth-order valence-corrected chi connectivity index (χ4v) is 3.50. The summed E-state index contributed by atoms with van der Waals surface area (Å²) in [5.74, 6) is 1.23. The Morgan fingerprint density at radius 1 is 1.44 bits per heavy atom. The summed E-state index contributed by atoms with van der Waals surface area (Å²) in [4.78, 5) is 13.2. The third kappa shape index (κ3) is 5.08. The molecule has 0 saturated heterocycles. The van der Waals surface area contributed by atoms with Crippen molar-refractivity contribution in [3.63, 3.8) is 0 Å². The van der Waals surface area contributed by atoms with E-state index in [2.05, 4.69) is 31.7 Å². The smallest absolute Gasteiger partial charge is 0.223 e. The van der Waals surface area contributed by atoms with Gasteiger partial charge in [0.05, 0.1) is 11.3 Å². The number of thiazole rings is 1. The molecule has 0 fully saturated rings. The first-order chi connectivity index (χ1) is 13.2. The van der Waals surface area contributed by atoms with Crippen LogP contribution in [-0.4, -0.2) is 36.1 Å². The largest absolute Gasteiger partial charge is 0.472 e. The Kier molecular flexibility index (Phi) is 6.84. The maximum atomic E-state index is 6.29. The molecule has 2 aromatic heterocycles. The fraction of sp³-hybridized carbons (Fsp3) is 0.316. The van der Waals surface area contributed by atoms with E-state index in [4.69, 9.17) is 16.3 Å². The molecule has 1 aliphatic rings. The highest BCUT2D eigenvalue weighted by atomic mass is 35.5. The van der Waals surface area contributed by atoms with Crippen molar-refractivity contribution >= 4 is 34.0 Å². The van der Waals surface area contributed by atoms with Gasteiger partial charge in [-0.25, -0.2) is 9.97 Å². The topological polar surface area (TPSA) is 71.4 Å². The fourth-order valence-electron chi connectivity index (χ4n) is 2.56. The Balaban J connectivity index is 1.75. The molecule has 0 radical (unpaired) electrons. The summed E-state index contributed by atoms with van der Waals surface area (Å²) < 4.78 is 5.96. The number of guanidine groups is 1. The third-order valence-electron chi connectivity index (χ3n) is 3.91. The number of allylic oxidation sites excluding steroid dienone is 2. The molecule has 0 unspecified atom stereocenters. The van der Waals surface area contributed by atoms with Gasteiger partial charge in [-0.05, 0) is 31.9 Å². The molecule has 0 atom stereocenters. The number of ether oxygens (including phenoxy) is 1. The van der Waals surface area contributed by atoms with Crippen LogP contribution in [0.25, 0.3) is 11.3 Å². The van der Waals surface area contributed by atoms with Crippen molar-refractivity contribution in [2.45, 2.75) is 19.8 Å². The van der Waals surface area contributed by atoms with Crippen molar-refractivity contribution in [1.29, 1.82) is 0 Å². The van der Waals surface area contributed by atoms with Crippen LogP contribution in [0.1, 0.15) is 19.8 Å². The summed E-state index contributed by atoms with van der Waals surface area (Å²) in [6.07, 6.45) is 7.68. The number of aromatic nitrogens is 2. The minimum Gasteiger partial charge on any atom is -0.472 e. The minimum absolute atomic E-state index is 0.391. The summed E-state index contributed by atoms with van der Waals surface area (Å²) in [6.45, 7) is 3.19. The van der Waals surface area contributed by atoms with Crippen LogP contribution in [0.5, 0.6) is 5.88 Å². The summed E-state index contributed by atoms with van der Waals surface area (Å²) in [5, 5.41) is 9.90. The molecular weight excluding hydrogens is 382 g/mol. The van der Waals surface area contributed by atoms with E-state index < -0.39 is 0 Å². The Bertz CT molecular complexity index is 874. The molecule has 0 aromatic carbocycles. The van der Waals surface area contributed by atoms with Crippen molar-refractivity contribution in [2.75, 3.05) is 25.5 Å². The molecule has 0 aliphatic heterocycles. The maximum absolute atomic E-state index is 6.29. The Morgan fingerprint density at radius 3 is 3.11 bits per heavy atom. The zero-order chi connectivity index (χ0) is 19.1. The first kappa shape index (κ1) is 19.4. The summed E-state index contributed by atoms with van der Waals surface area (Å²) in [6, 6.07) is 3.83. The summed E-state index contributed by atoms with van der Waals surface area (Å²) >= 11 is 7.79. The first-order valence-electron chi connectivity index (χ1n) is 8.76. The second kappa shape index (κ2) is 9.53. The zero-order valence-electron chi connectivity index (χ0n) is 15.3. The Labute approximate surface area is 168 Å². The van der Waals surface area contributed by atoms with E-state index in [1.165, 1.54) is 11.3 Å². The number of hydrogen-bond acceptors (Lipinski definition) is 5. The lowest BCUT2D eigenvalue weighted by Gasteiger charge is -2.13. The predicted octanol–water partition coefficient (Wildman–Crippen LogP) is 4.43. The second-order valence-corrected chi connectivity index (χ2v) is 7.10. The van der Waals surface area contributed by atoms with Crippen molar-refractivity contribution in [2.24, 2.45) is 4.99 Å². The van der Waals surface area contributed by atoms with E-state index in [1.807, 2.05) is 30.5 Å². The highest BCUT2D eigenvalue weighted by Gasteiger charge is 2.14. The van der Waals surface area contributed by atoms with Crippen LogP contribution in [0.15, 0.2) is 51.5 Å². The van der Waals surface area contributed by atoms with Gasteiger partial charge in [0.1, 0.15) is 6.61 Å². The summed E-state index contributed by atoms with van der Waals surface area (Å²) in [5.41, 5.74) is 2.64. The SMILES string of the molecule is CCNC(=NC)Nc1nc(-c2cccnc2OCC2=C(Cl)CCC=C2)cs1. The molecule has 0 saturated carbocycles. The van der Waals surface area contributed by atoms with Crippen LogP contribution >= 0.6 is 22.9 Å². The molecule has 3 rings (SSSR count). The van der Waals surface area contributed by atoms with Gasteiger partial charge in [0, 0.05) is 35.8 Å². The number of nitrogens with zero attached hydrogens (tertiary/aromatic N) is 3. The highest BCUT2D eigenvalue weighted by molar-refractivity contribution is 7.14. The number of halogens is 1. The zero-order valence-corrected chi connectivity index (χ0v) is 16.9. The number of anilines is 1. The molecule has 0 spiro atoms. The van der Waals surface area contributed by atoms with E-state index in [9.17, 15) is 0 Å². The van der Waals surface area contributed by atoms with Crippen molar-refractivity contribution in [3.8, 4) is 17.1 Å². The monoisotopic (exact) mass is 403 g/mol. The highest BCUT2D eigenvalue weighted by Crippen LogP contribution is 2.31. The van der Waals surface area contributed by atoms with Crippen LogP contribution in [-0.2, 0) is 0 Å². The Morgan fingerprint density at radius 2 is 2.33 bits per heavy atom. The van der Waals surface area contributed by atoms with Gasteiger partial charge in [0.2, 0.25) is 5.88 Å². The molecule has 1 aliphatic carbocycles.